The summed E-state index contributed by atoms with van der Waals surface area (Å²) in [5.74, 6) is 1.68. The highest BCUT2D eigenvalue weighted by molar-refractivity contribution is 7.99. The average molecular weight is 466 g/mol. The molecule has 0 bridgehead atoms. The summed E-state index contributed by atoms with van der Waals surface area (Å²) in [6.07, 6.45) is 9.26. The lowest BCUT2D eigenvalue weighted by molar-refractivity contribution is -0.119. The van der Waals surface area contributed by atoms with E-state index in [1.165, 1.54) is 54.3 Å². The fourth-order valence-corrected chi connectivity index (χ4v) is 7.10. The molecule has 0 saturated heterocycles. The van der Waals surface area contributed by atoms with Crippen molar-refractivity contribution in [1.29, 1.82) is 0 Å². The fraction of sp³-hybridized carbons (Fsp3) is 0.480. The molecular weight excluding hydrogens is 438 g/mol. The van der Waals surface area contributed by atoms with Gasteiger partial charge in [-0.2, -0.15) is 0 Å². The largest absolute Gasteiger partial charge is 0.352 e. The zero-order valence-corrected chi connectivity index (χ0v) is 19.6. The van der Waals surface area contributed by atoms with Crippen molar-refractivity contribution in [3.8, 4) is 5.69 Å². The number of thioether (sulfide) groups is 1. The van der Waals surface area contributed by atoms with Crippen LogP contribution in [0.4, 0.5) is 0 Å². The summed E-state index contributed by atoms with van der Waals surface area (Å²) in [7, 11) is 0. The van der Waals surface area contributed by atoms with Gasteiger partial charge in [0, 0.05) is 10.9 Å². The third-order valence-electron chi connectivity index (χ3n) is 6.89. The van der Waals surface area contributed by atoms with E-state index >= 15 is 0 Å². The number of benzene rings is 1. The average Bonchev–Trinajstić information content (AvgIpc) is 3.73. The Morgan fingerprint density at radius 1 is 1.12 bits per heavy atom. The molecule has 0 radical (unpaired) electrons. The van der Waals surface area contributed by atoms with E-state index in [1.54, 1.807) is 15.9 Å². The highest BCUT2D eigenvalue weighted by Crippen LogP contribution is 2.44. The maximum absolute atomic E-state index is 13.7. The van der Waals surface area contributed by atoms with Crippen LogP contribution in [-0.2, 0) is 17.6 Å². The minimum atomic E-state index is -0.00246. The first-order valence-corrected chi connectivity index (χ1v) is 13.5. The first kappa shape index (κ1) is 20.5. The van der Waals surface area contributed by atoms with Gasteiger partial charge in [-0.1, -0.05) is 30.0 Å². The molecule has 2 aromatic heterocycles. The Labute approximate surface area is 195 Å². The molecule has 32 heavy (non-hydrogen) atoms. The molecule has 0 atom stereocenters. The van der Waals surface area contributed by atoms with Crippen LogP contribution in [0.3, 0.4) is 0 Å². The second-order valence-corrected chi connectivity index (χ2v) is 11.3. The van der Waals surface area contributed by atoms with E-state index in [-0.39, 0.29) is 17.2 Å². The number of carbonyl (C=O) groups excluding carboxylic acids is 1. The summed E-state index contributed by atoms with van der Waals surface area (Å²) < 4.78 is 1.71. The Kier molecular flexibility index (Phi) is 5.34. The van der Waals surface area contributed by atoms with Gasteiger partial charge in [0.05, 0.1) is 16.8 Å². The van der Waals surface area contributed by atoms with E-state index in [1.807, 2.05) is 30.3 Å². The minimum Gasteiger partial charge on any atom is -0.352 e. The van der Waals surface area contributed by atoms with Gasteiger partial charge in [0.15, 0.2) is 5.16 Å². The number of carbonyl (C=O) groups is 1. The van der Waals surface area contributed by atoms with Crippen molar-refractivity contribution >= 4 is 39.2 Å². The summed E-state index contributed by atoms with van der Waals surface area (Å²) in [6, 6.07) is 10.0. The van der Waals surface area contributed by atoms with Crippen LogP contribution in [0.15, 0.2) is 40.3 Å². The number of amides is 1. The standard InChI is InChI=1S/C25H27N3O2S2/c29-20(26-22(15-10-11-15)16-12-13-16)14-31-25-27-23-21(18-8-4-5-9-19(18)32-23)24(30)28(25)17-6-2-1-3-7-17/h1-3,6-7,15-16,22H,4-5,8-14H2,(H,26,29). The van der Waals surface area contributed by atoms with Crippen LogP contribution in [0.5, 0.6) is 0 Å². The van der Waals surface area contributed by atoms with E-state index < -0.39 is 0 Å². The summed E-state index contributed by atoms with van der Waals surface area (Å²) in [6.45, 7) is 0. The minimum absolute atomic E-state index is 0.00246. The lowest BCUT2D eigenvalue weighted by atomic mass is 9.97. The maximum Gasteiger partial charge on any atom is 0.267 e. The molecule has 2 saturated carbocycles. The topological polar surface area (TPSA) is 64.0 Å². The van der Waals surface area contributed by atoms with Crippen LogP contribution in [0.25, 0.3) is 15.9 Å². The molecule has 0 aliphatic heterocycles. The third kappa shape index (κ3) is 3.90. The van der Waals surface area contributed by atoms with Gasteiger partial charge in [0.2, 0.25) is 5.91 Å². The van der Waals surface area contributed by atoms with Crippen molar-refractivity contribution in [2.24, 2.45) is 11.8 Å². The number of hydrogen-bond donors (Lipinski definition) is 1. The zero-order valence-electron chi connectivity index (χ0n) is 18.0. The molecule has 1 aromatic carbocycles. The first-order chi connectivity index (χ1) is 15.7. The third-order valence-corrected chi connectivity index (χ3v) is 9.02. The number of aromatic nitrogens is 2. The van der Waals surface area contributed by atoms with Crippen LogP contribution >= 0.6 is 23.1 Å². The predicted octanol–water partition coefficient (Wildman–Crippen LogP) is 4.72. The highest BCUT2D eigenvalue weighted by atomic mass is 32.2. The number of para-hydroxylation sites is 1. The van der Waals surface area contributed by atoms with Crippen LogP contribution < -0.4 is 10.9 Å². The van der Waals surface area contributed by atoms with Gasteiger partial charge in [-0.05, 0) is 80.9 Å². The molecule has 3 aliphatic carbocycles. The molecule has 1 amide bonds. The predicted molar refractivity (Wildman–Crippen MR) is 130 cm³/mol. The van der Waals surface area contributed by atoms with E-state index in [9.17, 15) is 9.59 Å². The molecule has 2 heterocycles. The molecule has 2 fully saturated rings. The van der Waals surface area contributed by atoms with Crippen LogP contribution in [0.1, 0.15) is 49.0 Å². The summed E-state index contributed by atoms with van der Waals surface area (Å²) in [4.78, 5) is 33.6. The van der Waals surface area contributed by atoms with E-state index in [2.05, 4.69) is 5.32 Å². The Morgan fingerprint density at radius 2 is 1.84 bits per heavy atom. The van der Waals surface area contributed by atoms with Crippen LogP contribution in [0, 0.1) is 11.8 Å². The molecule has 7 heteroatoms. The smallest absolute Gasteiger partial charge is 0.267 e. The Balaban J connectivity index is 1.33. The molecule has 0 spiro atoms. The summed E-state index contributed by atoms with van der Waals surface area (Å²) in [5.41, 5.74) is 2.00. The van der Waals surface area contributed by atoms with Crippen molar-refractivity contribution in [2.75, 3.05) is 5.75 Å². The molecule has 5 nitrogen and oxygen atoms in total. The van der Waals surface area contributed by atoms with Crippen molar-refractivity contribution in [3.05, 3.63) is 51.1 Å². The zero-order chi connectivity index (χ0) is 21.7. The van der Waals surface area contributed by atoms with Crippen molar-refractivity contribution in [2.45, 2.75) is 62.6 Å². The Hall–Kier alpha value is -2.12. The van der Waals surface area contributed by atoms with Gasteiger partial charge in [-0.25, -0.2) is 4.98 Å². The van der Waals surface area contributed by atoms with Gasteiger partial charge in [0.25, 0.3) is 5.56 Å². The highest BCUT2D eigenvalue weighted by Gasteiger charge is 2.42. The van der Waals surface area contributed by atoms with Gasteiger partial charge < -0.3 is 5.32 Å². The van der Waals surface area contributed by atoms with Gasteiger partial charge >= 0.3 is 0 Å². The lowest BCUT2D eigenvalue weighted by Crippen LogP contribution is -2.39. The van der Waals surface area contributed by atoms with Gasteiger partial charge in [-0.3, -0.25) is 14.2 Å². The first-order valence-electron chi connectivity index (χ1n) is 11.7. The summed E-state index contributed by atoms with van der Waals surface area (Å²) in [5, 5.41) is 4.68. The van der Waals surface area contributed by atoms with Gasteiger partial charge in [-0.15, -0.1) is 11.3 Å². The Morgan fingerprint density at radius 3 is 2.56 bits per heavy atom. The second kappa shape index (κ2) is 8.34. The molecule has 3 aromatic rings. The SMILES string of the molecule is O=C(CSc1nc2sc3c(c2c(=O)n1-c1ccccc1)CCCC3)NC(C1CC1)C1CC1. The molecule has 166 valence electrons. The van der Waals surface area contributed by atoms with E-state index in [0.717, 1.165) is 35.2 Å². The van der Waals surface area contributed by atoms with Crippen molar-refractivity contribution in [3.63, 3.8) is 0 Å². The number of nitrogens with one attached hydrogen (secondary N) is 1. The normalized spacial score (nSPS) is 18.2. The van der Waals surface area contributed by atoms with Gasteiger partial charge in [0.1, 0.15) is 4.83 Å². The maximum atomic E-state index is 13.7. The molecule has 1 N–H and O–H groups in total. The quantitative estimate of drug-likeness (QED) is 0.405. The summed E-state index contributed by atoms with van der Waals surface area (Å²) >= 11 is 3.04. The number of nitrogens with zero attached hydrogens (tertiary/aromatic N) is 2. The van der Waals surface area contributed by atoms with Crippen molar-refractivity contribution < 1.29 is 4.79 Å². The molecule has 3 aliphatic rings. The number of hydrogen-bond acceptors (Lipinski definition) is 5. The van der Waals surface area contributed by atoms with Crippen molar-refractivity contribution in [1.82, 2.24) is 14.9 Å². The fourth-order valence-electron chi connectivity index (χ4n) is 4.98. The van der Waals surface area contributed by atoms with E-state index in [4.69, 9.17) is 4.98 Å². The molecule has 6 rings (SSSR count). The molecule has 0 unspecified atom stereocenters. The number of fused-ring (bicyclic) bond motifs is 3. The number of rotatable bonds is 7. The number of thiophene rings is 1. The lowest BCUT2D eigenvalue weighted by Gasteiger charge is -2.18. The number of aryl methyl sites for hydroxylation is 2. The van der Waals surface area contributed by atoms with Crippen LogP contribution in [0.2, 0.25) is 0 Å². The van der Waals surface area contributed by atoms with Crippen LogP contribution in [-0.4, -0.2) is 27.3 Å². The second-order valence-electron chi connectivity index (χ2n) is 9.32. The monoisotopic (exact) mass is 465 g/mol. The van der Waals surface area contributed by atoms with E-state index in [0.29, 0.717) is 23.0 Å². The molecular formula is C25H27N3O2S2. The Bertz CT molecular complexity index is 1210.